The molecule has 0 aromatic carbocycles. The van der Waals surface area contributed by atoms with E-state index in [0.29, 0.717) is 18.3 Å². The Balaban J connectivity index is 2.93. The average Bonchev–Trinajstić information content (AvgIpc) is 2.33. The van der Waals surface area contributed by atoms with Crippen molar-refractivity contribution >= 4 is 5.95 Å². The number of rotatable bonds is 7. The molecule has 0 saturated carbocycles. The fourth-order valence-electron chi connectivity index (χ4n) is 1.77. The highest BCUT2D eigenvalue weighted by Gasteiger charge is 2.13. The lowest BCUT2D eigenvalue weighted by Gasteiger charge is -2.24. The molecule has 0 amide bonds. The van der Waals surface area contributed by atoms with Gasteiger partial charge in [-0.2, -0.15) is 4.98 Å². The van der Waals surface area contributed by atoms with Gasteiger partial charge in [0.25, 0.3) is 0 Å². The molecule has 0 radical (unpaired) electrons. The molecule has 0 aliphatic rings. The van der Waals surface area contributed by atoms with Crippen molar-refractivity contribution in [2.75, 3.05) is 24.5 Å². The molecule has 5 heteroatoms. The van der Waals surface area contributed by atoms with Gasteiger partial charge in [0.2, 0.25) is 11.8 Å². The van der Waals surface area contributed by atoms with E-state index in [9.17, 15) is 0 Å². The van der Waals surface area contributed by atoms with Crippen molar-refractivity contribution in [1.29, 1.82) is 0 Å². The number of aromatic nitrogens is 2. The van der Waals surface area contributed by atoms with Crippen LogP contribution in [0.25, 0.3) is 0 Å². The Hall–Kier alpha value is -1.36. The molecule has 1 heterocycles. The SMILES string of the molecule is CCN(CC(C)CN)c1nc(C)cc(OC(C)C)n1. The summed E-state index contributed by atoms with van der Waals surface area (Å²) in [6.45, 7) is 12.5. The van der Waals surface area contributed by atoms with Gasteiger partial charge in [0.05, 0.1) is 6.10 Å². The number of nitrogens with zero attached hydrogens (tertiary/aromatic N) is 3. The highest BCUT2D eigenvalue weighted by atomic mass is 16.5. The third kappa shape index (κ3) is 5.03. The topological polar surface area (TPSA) is 64.3 Å². The summed E-state index contributed by atoms with van der Waals surface area (Å²) in [5, 5.41) is 0. The minimum Gasteiger partial charge on any atom is -0.475 e. The van der Waals surface area contributed by atoms with Crippen molar-refractivity contribution in [2.24, 2.45) is 11.7 Å². The molecule has 1 unspecified atom stereocenters. The van der Waals surface area contributed by atoms with Crippen LogP contribution in [0.1, 0.15) is 33.4 Å². The van der Waals surface area contributed by atoms with Crippen LogP contribution in [0.4, 0.5) is 5.95 Å². The van der Waals surface area contributed by atoms with Crippen LogP contribution in [0.2, 0.25) is 0 Å². The van der Waals surface area contributed by atoms with E-state index in [1.54, 1.807) is 0 Å². The maximum atomic E-state index is 5.69. The number of ether oxygens (including phenoxy) is 1. The summed E-state index contributed by atoms with van der Waals surface area (Å²) in [7, 11) is 0. The van der Waals surface area contributed by atoms with Crippen molar-refractivity contribution in [1.82, 2.24) is 9.97 Å². The third-order valence-electron chi connectivity index (χ3n) is 2.77. The van der Waals surface area contributed by atoms with Crippen LogP contribution >= 0.6 is 0 Å². The van der Waals surface area contributed by atoms with E-state index in [-0.39, 0.29) is 6.10 Å². The Bertz CT molecular complexity index is 395. The van der Waals surface area contributed by atoms with E-state index in [1.165, 1.54) is 0 Å². The average molecular weight is 266 g/mol. The summed E-state index contributed by atoms with van der Waals surface area (Å²) < 4.78 is 5.66. The highest BCUT2D eigenvalue weighted by molar-refractivity contribution is 5.34. The Morgan fingerprint density at radius 3 is 2.53 bits per heavy atom. The van der Waals surface area contributed by atoms with Gasteiger partial charge in [0, 0.05) is 24.8 Å². The Morgan fingerprint density at radius 2 is 2.00 bits per heavy atom. The van der Waals surface area contributed by atoms with Gasteiger partial charge in [0.15, 0.2) is 0 Å². The van der Waals surface area contributed by atoms with Crippen LogP contribution in [0.5, 0.6) is 5.88 Å². The standard InChI is InChI=1S/C14H26N4O/c1-6-18(9-11(4)8-15)14-16-12(5)7-13(17-14)19-10(2)3/h7,10-11H,6,8-9,15H2,1-5H3. The van der Waals surface area contributed by atoms with Gasteiger partial charge < -0.3 is 15.4 Å². The largest absolute Gasteiger partial charge is 0.475 e. The van der Waals surface area contributed by atoms with Gasteiger partial charge >= 0.3 is 0 Å². The van der Waals surface area contributed by atoms with Crippen molar-refractivity contribution in [2.45, 2.75) is 40.7 Å². The van der Waals surface area contributed by atoms with Gasteiger partial charge in [-0.15, -0.1) is 0 Å². The number of anilines is 1. The van der Waals surface area contributed by atoms with Crippen molar-refractivity contribution in [3.8, 4) is 5.88 Å². The molecule has 0 spiro atoms. The molecule has 0 fully saturated rings. The minimum atomic E-state index is 0.111. The summed E-state index contributed by atoms with van der Waals surface area (Å²) in [5.41, 5.74) is 6.60. The summed E-state index contributed by atoms with van der Waals surface area (Å²) in [6.07, 6.45) is 0.111. The second-order valence-electron chi connectivity index (χ2n) is 5.19. The number of hydrogen-bond donors (Lipinski definition) is 1. The number of hydrogen-bond acceptors (Lipinski definition) is 5. The molecule has 1 aromatic heterocycles. The first kappa shape index (κ1) is 15.7. The predicted molar refractivity (Wildman–Crippen MR) is 78.6 cm³/mol. The molecule has 0 aliphatic heterocycles. The van der Waals surface area contributed by atoms with Crippen LogP contribution < -0.4 is 15.4 Å². The molecule has 0 bridgehead atoms. The van der Waals surface area contributed by atoms with Gasteiger partial charge in [0.1, 0.15) is 0 Å². The fraction of sp³-hybridized carbons (Fsp3) is 0.714. The summed E-state index contributed by atoms with van der Waals surface area (Å²) >= 11 is 0. The van der Waals surface area contributed by atoms with Gasteiger partial charge in [-0.25, -0.2) is 4.98 Å². The van der Waals surface area contributed by atoms with Gasteiger partial charge in [-0.1, -0.05) is 6.92 Å². The summed E-state index contributed by atoms with van der Waals surface area (Å²) in [4.78, 5) is 11.1. The zero-order chi connectivity index (χ0) is 14.4. The first-order valence-corrected chi connectivity index (χ1v) is 6.93. The fourth-order valence-corrected chi connectivity index (χ4v) is 1.77. The lowest BCUT2D eigenvalue weighted by Crippen LogP contribution is -2.33. The molecule has 1 atom stereocenters. The second-order valence-corrected chi connectivity index (χ2v) is 5.19. The van der Waals surface area contributed by atoms with E-state index in [0.717, 1.165) is 24.7 Å². The van der Waals surface area contributed by atoms with E-state index >= 15 is 0 Å². The maximum absolute atomic E-state index is 5.69. The molecular weight excluding hydrogens is 240 g/mol. The van der Waals surface area contributed by atoms with Gasteiger partial charge in [-0.3, -0.25) is 0 Å². The van der Waals surface area contributed by atoms with Crippen LogP contribution in [-0.4, -0.2) is 35.7 Å². The van der Waals surface area contributed by atoms with Gasteiger partial charge in [-0.05, 0) is 40.2 Å². The molecule has 2 N–H and O–H groups in total. The zero-order valence-corrected chi connectivity index (χ0v) is 12.7. The van der Waals surface area contributed by atoms with Crippen LogP contribution in [0, 0.1) is 12.8 Å². The molecule has 1 aromatic rings. The molecular formula is C14H26N4O. The maximum Gasteiger partial charge on any atom is 0.228 e. The quantitative estimate of drug-likeness (QED) is 0.817. The lowest BCUT2D eigenvalue weighted by atomic mass is 10.2. The first-order valence-electron chi connectivity index (χ1n) is 6.93. The van der Waals surface area contributed by atoms with E-state index < -0.39 is 0 Å². The Labute approximate surface area is 116 Å². The monoisotopic (exact) mass is 266 g/mol. The van der Waals surface area contributed by atoms with Crippen molar-refractivity contribution in [3.05, 3.63) is 11.8 Å². The van der Waals surface area contributed by atoms with Crippen molar-refractivity contribution < 1.29 is 4.74 Å². The van der Waals surface area contributed by atoms with Crippen LogP contribution in [-0.2, 0) is 0 Å². The number of nitrogens with two attached hydrogens (primary N) is 1. The van der Waals surface area contributed by atoms with E-state index in [2.05, 4.69) is 28.7 Å². The molecule has 1 rings (SSSR count). The lowest BCUT2D eigenvalue weighted by molar-refractivity contribution is 0.232. The summed E-state index contributed by atoms with van der Waals surface area (Å²) in [5.74, 6) is 1.77. The molecule has 108 valence electrons. The van der Waals surface area contributed by atoms with E-state index in [1.807, 2.05) is 26.8 Å². The zero-order valence-electron chi connectivity index (χ0n) is 12.7. The number of aryl methyl sites for hydroxylation is 1. The van der Waals surface area contributed by atoms with E-state index in [4.69, 9.17) is 10.5 Å². The smallest absolute Gasteiger partial charge is 0.228 e. The Morgan fingerprint density at radius 1 is 1.32 bits per heavy atom. The van der Waals surface area contributed by atoms with Crippen LogP contribution in [0.15, 0.2) is 6.07 Å². The molecule has 19 heavy (non-hydrogen) atoms. The first-order chi connectivity index (χ1) is 8.96. The normalized spacial score (nSPS) is 12.6. The minimum absolute atomic E-state index is 0.111. The third-order valence-corrected chi connectivity index (χ3v) is 2.77. The van der Waals surface area contributed by atoms with Crippen LogP contribution in [0.3, 0.4) is 0 Å². The molecule has 0 saturated heterocycles. The molecule has 5 nitrogen and oxygen atoms in total. The summed E-state index contributed by atoms with van der Waals surface area (Å²) in [6, 6.07) is 1.86. The predicted octanol–water partition coefficient (Wildman–Crippen LogP) is 1.99. The Kier molecular flexibility index (Phi) is 6.02. The molecule has 0 aliphatic carbocycles. The second kappa shape index (κ2) is 7.28. The highest BCUT2D eigenvalue weighted by Crippen LogP contribution is 2.17. The van der Waals surface area contributed by atoms with Crippen molar-refractivity contribution in [3.63, 3.8) is 0 Å².